The summed E-state index contributed by atoms with van der Waals surface area (Å²) in [5, 5.41) is 0. The zero-order chi connectivity index (χ0) is 10.6. The predicted octanol–water partition coefficient (Wildman–Crippen LogP) is 1.77. The van der Waals surface area contributed by atoms with Crippen LogP contribution in [0.2, 0.25) is 0 Å². The van der Waals surface area contributed by atoms with Gasteiger partial charge in [0.05, 0.1) is 12.6 Å². The van der Waals surface area contributed by atoms with Crippen molar-refractivity contribution in [1.29, 1.82) is 0 Å². The van der Waals surface area contributed by atoms with Crippen LogP contribution in [0.15, 0.2) is 0 Å². The highest BCUT2D eigenvalue weighted by Crippen LogP contribution is 2.43. The molecule has 80 valence electrons. The molecule has 2 heterocycles. The summed E-state index contributed by atoms with van der Waals surface area (Å²) in [7, 11) is 0. The molecule has 2 atom stereocenters. The van der Waals surface area contributed by atoms with Crippen LogP contribution < -0.4 is 0 Å². The van der Waals surface area contributed by atoms with E-state index in [0.717, 1.165) is 6.42 Å². The van der Waals surface area contributed by atoms with Gasteiger partial charge in [0.2, 0.25) is 5.91 Å². The summed E-state index contributed by atoms with van der Waals surface area (Å²) in [5.74, 6) is 0.255. The fourth-order valence-electron chi connectivity index (χ4n) is 2.46. The average molecular weight is 197 g/mol. The smallest absolute Gasteiger partial charge is 0.225 e. The molecular weight excluding hydrogens is 178 g/mol. The first kappa shape index (κ1) is 9.97. The normalized spacial score (nSPS) is 37.9. The number of nitrogens with zero attached hydrogens (tertiary/aromatic N) is 1. The largest absolute Gasteiger partial charge is 0.354 e. The van der Waals surface area contributed by atoms with Gasteiger partial charge >= 0.3 is 0 Å². The van der Waals surface area contributed by atoms with Crippen molar-refractivity contribution >= 4 is 5.91 Å². The molecule has 2 saturated heterocycles. The van der Waals surface area contributed by atoms with E-state index in [1.807, 2.05) is 11.8 Å². The predicted molar refractivity (Wildman–Crippen MR) is 53.7 cm³/mol. The second-order valence-corrected chi connectivity index (χ2v) is 5.63. The minimum Gasteiger partial charge on any atom is -0.354 e. The minimum atomic E-state index is -0.310. The van der Waals surface area contributed by atoms with Gasteiger partial charge < -0.3 is 9.64 Å². The molecule has 2 rings (SSSR count). The molecule has 0 spiro atoms. The number of carbonyl (C=O) groups is 1. The standard InChI is InChI=1S/C11H19NO2/c1-10(2,3)8-7-14-11(4)6-5-9(13)12(8)11/h8H,5-7H2,1-4H3/t8-,11-/m0/s1. The third-order valence-electron chi connectivity index (χ3n) is 3.44. The molecule has 3 nitrogen and oxygen atoms in total. The van der Waals surface area contributed by atoms with Gasteiger partial charge in [0.25, 0.3) is 0 Å². The summed E-state index contributed by atoms with van der Waals surface area (Å²) >= 11 is 0. The Bertz CT molecular complexity index is 269. The van der Waals surface area contributed by atoms with E-state index in [9.17, 15) is 4.79 Å². The van der Waals surface area contributed by atoms with Crippen molar-refractivity contribution in [3.8, 4) is 0 Å². The van der Waals surface area contributed by atoms with Crippen LogP contribution in [0.5, 0.6) is 0 Å². The van der Waals surface area contributed by atoms with Crippen LogP contribution in [-0.4, -0.2) is 29.2 Å². The van der Waals surface area contributed by atoms with E-state index in [2.05, 4.69) is 20.8 Å². The molecule has 2 aliphatic rings. The maximum Gasteiger partial charge on any atom is 0.225 e. The SMILES string of the molecule is CC(C)(C)[C@@H]1CO[C@@]2(C)CCC(=O)N12. The molecule has 0 saturated carbocycles. The van der Waals surface area contributed by atoms with E-state index in [1.54, 1.807) is 0 Å². The maximum atomic E-state index is 11.8. The lowest BCUT2D eigenvalue weighted by Crippen LogP contribution is -2.48. The number of hydrogen-bond donors (Lipinski definition) is 0. The van der Waals surface area contributed by atoms with Crippen LogP contribution in [0, 0.1) is 5.41 Å². The molecular formula is C11H19NO2. The first-order valence-electron chi connectivity index (χ1n) is 5.31. The Morgan fingerprint density at radius 2 is 2.14 bits per heavy atom. The molecule has 0 bridgehead atoms. The topological polar surface area (TPSA) is 29.5 Å². The summed E-state index contributed by atoms with van der Waals surface area (Å²) in [6.07, 6.45) is 1.49. The van der Waals surface area contributed by atoms with E-state index >= 15 is 0 Å². The van der Waals surface area contributed by atoms with Crippen molar-refractivity contribution in [3.05, 3.63) is 0 Å². The lowest BCUT2D eigenvalue weighted by molar-refractivity contribution is -0.138. The second-order valence-electron chi connectivity index (χ2n) is 5.63. The molecule has 0 unspecified atom stereocenters. The Morgan fingerprint density at radius 1 is 1.50 bits per heavy atom. The summed E-state index contributed by atoms with van der Waals surface area (Å²) < 4.78 is 5.78. The Hall–Kier alpha value is -0.570. The highest BCUT2D eigenvalue weighted by molar-refractivity contribution is 5.80. The molecule has 2 fully saturated rings. The summed E-state index contributed by atoms with van der Waals surface area (Å²) in [6, 6.07) is 0.238. The molecule has 2 aliphatic heterocycles. The van der Waals surface area contributed by atoms with Crippen molar-refractivity contribution < 1.29 is 9.53 Å². The molecule has 0 aromatic carbocycles. The summed E-state index contributed by atoms with van der Waals surface area (Å²) in [5.41, 5.74) is -0.202. The van der Waals surface area contributed by atoms with E-state index in [4.69, 9.17) is 4.74 Å². The molecule has 0 aromatic heterocycles. The quantitative estimate of drug-likeness (QED) is 0.592. The van der Waals surface area contributed by atoms with Crippen LogP contribution in [0.4, 0.5) is 0 Å². The van der Waals surface area contributed by atoms with Gasteiger partial charge in [-0.1, -0.05) is 20.8 Å². The Morgan fingerprint density at radius 3 is 2.71 bits per heavy atom. The highest BCUT2D eigenvalue weighted by Gasteiger charge is 2.54. The van der Waals surface area contributed by atoms with E-state index in [1.165, 1.54) is 0 Å². The van der Waals surface area contributed by atoms with Crippen LogP contribution in [0.1, 0.15) is 40.5 Å². The van der Waals surface area contributed by atoms with Crippen LogP contribution in [0.25, 0.3) is 0 Å². The number of fused-ring (bicyclic) bond motifs is 1. The average Bonchev–Trinajstić information content (AvgIpc) is 2.49. The molecule has 0 aliphatic carbocycles. The van der Waals surface area contributed by atoms with Crippen LogP contribution in [0.3, 0.4) is 0 Å². The van der Waals surface area contributed by atoms with Crippen molar-refractivity contribution in [2.24, 2.45) is 5.41 Å². The summed E-state index contributed by atoms with van der Waals surface area (Å²) in [4.78, 5) is 13.7. The van der Waals surface area contributed by atoms with Gasteiger partial charge in [-0.3, -0.25) is 4.79 Å². The fourth-order valence-corrected chi connectivity index (χ4v) is 2.46. The number of ether oxygens (including phenoxy) is 1. The summed E-state index contributed by atoms with van der Waals surface area (Å²) in [6.45, 7) is 9.21. The highest BCUT2D eigenvalue weighted by atomic mass is 16.5. The van der Waals surface area contributed by atoms with Gasteiger partial charge in [-0.25, -0.2) is 0 Å². The van der Waals surface area contributed by atoms with Crippen molar-refractivity contribution in [2.75, 3.05) is 6.61 Å². The van der Waals surface area contributed by atoms with Crippen LogP contribution >= 0.6 is 0 Å². The van der Waals surface area contributed by atoms with Gasteiger partial charge in [0.15, 0.2) is 0 Å². The monoisotopic (exact) mass is 197 g/mol. The van der Waals surface area contributed by atoms with E-state index in [-0.39, 0.29) is 23.1 Å². The van der Waals surface area contributed by atoms with E-state index in [0.29, 0.717) is 13.0 Å². The van der Waals surface area contributed by atoms with Crippen molar-refractivity contribution in [2.45, 2.75) is 52.3 Å². The number of rotatable bonds is 0. The lowest BCUT2D eigenvalue weighted by atomic mass is 9.86. The van der Waals surface area contributed by atoms with E-state index < -0.39 is 0 Å². The zero-order valence-electron chi connectivity index (χ0n) is 9.46. The van der Waals surface area contributed by atoms with Crippen molar-refractivity contribution in [3.63, 3.8) is 0 Å². The molecule has 0 aromatic rings. The number of hydrogen-bond acceptors (Lipinski definition) is 2. The van der Waals surface area contributed by atoms with Gasteiger partial charge in [-0.15, -0.1) is 0 Å². The van der Waals surface area contributed by atoms with Gasteiger partial charge in [0.1, 0.15) is 5.72 Å². The first-order chi connectivity index (χ1) is 6.34. The molecule has 0 N–H and O–H groups in total. The number of carbonyl (C=O) groups excluding carboxylic acids is 1. The second kappa shape index (κ2) is 2.72. The third-order valence-corrected chi connectivity index (χ3v) is 3.44. The molecule has 3 heteroatoms. The fraction of sp³-hybridized carbons (Fsp3) is 0.909. The third kappa shape index (κ3) is 1.26. The Labute approximate surface area is 85.4 Å². The zero-order valence-corrected chi connectivity index (χ0v) is 9.46. The lowest BCUT2D eigenvalue weighted by Gasteiger charge is -2.36. The molecule has 14 heavy (non-hydrogen) atoms. The maximum absolute atomic E-state index is 11.8. The molecule has 0 radical (unpaired) electrons. The number of amides is 1. The van der Waals surface area contributed by atoms with Gasteiger partial charge in [-0.2, -0.15) is 0 Å². The molecule has 1 amide bonds. The minimum absolute atomic E-state index is 0.109. The Kier molecular flexibility index (Phi) is 1.94. The van der Waals surface area contributed by atoms with Gasteiger partial charge in [-0.05, 0) is 12.3 Å². The van der Waals surface area contributed by atoms with Crippen molar-refractivity contribution in [1.82, 2.24) is 4.90 Å². The first-order valence-corrected chi connectivity index (χ1v) is 5.31. The van der Waals surface area contributed by atoms with Crippen LogP contribution in [-0.2, 0) is 9.53 Å². The Balaban J connectivity index is 2.29. The van der Waals surface area contributed by atoms with Gasteiger partial charge in [0, 0.05) is 12.8 Å².